The molecule has 0 radical (unpaired) electrons. The lowest BCUT2D eigenvalue weighted by atomic mass is 10.1. The van der Waals surface area contributed by atoms with Gasteiger partial charge in [-0.25, -0.2) is 9.59 Å². The van der Waals surface area contributed by atoms with E-state index in [0.717, 1.165) is 26.8 Å². The molecule has 38 heavy (non-hydrogen) atoms. The lowest BCUT2D eigenvalue weighted by Gasteiger charge is -2.19. The molecule has 0 amide bonds. The van der Waals surface area contributed by atoms with Gasteiger partial charge < -0.3 is 13.9 Å². The predicted molar refractivity (Wildman–Crippen MR) is 149 cm³/mol. The molecule has 0 aliphatic rings. The zero-order valence-corrected chi connectivity index (χ0v) is 22.5. The molecule has 7 nitrogen and oxygen atoms in total. The van der Waals surface area contributed by atoms with E-state index in [-0.39, 0.29) is 5.63 Å². The number of aromatic nitrogens is 2. The van der Waals surface area contributed by atoms with E-state index in [2.05, 4.69) is 5.10 Å². The lowest BCUT2D eigenvalue weighted by Crippen LogP contribution is -2.27. The Bertz CT molecular complexity index is 1680. The maximum atomic E-state index is 13.1. The fourth-order valence-corrected chi connectivity index (χ4v) is 5.02. The third-order valence-electron chi connectivity index (χ3n) is 5.84. The third kappa shape index (κ3) is 5.60. The molecule has 0 fully saturated rings. The first kappa shape index (κ1) is 25.6. The van der Waals surface area contributed by atoms with Crippen molar-refractivity contribution in [3.05, 3.63) is 100 Å². The average molecular weight is 529 g/mol. The van der Waals surface area contributed by atoms with Gasteiger partial charge in [0, 0.05) is 22.1 Å². The Kier molecular flexibility index (Phi) is 6.99. The molecule has 0 bridgehead atoms. The Hall–Kier alpha value is -4.04. The monoisotopic (exact) mass is 528 g/mol. The van der Waals surface area contributed by atoms with Gasteiger partial charge in [-0.2, -0.15) is 9.78 Å². The number of fused-ring (bicyclic) bond motifs is 2. The van der Waals surface area contributed by atoms with Crippen LogP contribution >= 0.6 is 11.8 Å². The van der Waals surface area contributed by atoms with Gasteiger partial charge in [0.15, 0.2) is 0 Å². The summed E-state index contributed by atoms with van der Waals surface area (Å²) >= 11 is 1.53. The van der Waals surface area contributed by atoms with Crippen molar-refractivity contribution in [3.8, 4) is 5.75 Å². The second kappa shape index (κ2) is 10.4. The number of aryl methyl sites for hydroxylation is 1. The number of hydrogen-bond donors (Lipinski definition) is 0. The average Bonchev–Trinajstić information content (AvgIpc) is 3.25. The first-order valence-electron chi connectivity index (χ1n) is 12.3. The van der Waals surface area contributed by atoms with E-state index in [1.54, 1.807) is 0 Å². The highest BCUT2D eigenvalue weighted by molar-refractivity contribution is 7.98. The molecule has 0 N–H and O–H groups in total. The number of nitrogens with zero attached hydrogens (tertiary/aromatic N) is 2. The molecule has 0 unspecified atom stereocenters. The minimum Gasteiger partial charge on any atom is -0.488 e. The van der Waals surface area contributed by atoms with E-state index in [4.69, 9.17) is 13.9 Å². The van der Waals surface area contributed by atoms with Crippen LogP contribution in [0, 0.1) is 6.92 Å². The second-order valence-electron chi connectivity index (χ2n) is 9.96. The zero-order valence-electron chi connectivity index (χ0n) is 21.7. The maximum Gasteiger partial charge on any atom is 0.435 e. The van der Waals surface area contributed by atoms with E-state index >= 15 is 0 Å². The molecule has 0 saturated carbocycles. The molecule has 0 aliphatic carbocycles. The molecule has 3 aromatic carbocycles. The summed E-state index contributed by atoms with van der Waals surface area (Å²) in [6, 6.07) is 22.7. The zero-order chi connectivity index (χ0) is 26.9. The summed E-state index contributed by atoms with van der Waals surface area (Å²) in [7, 11) is 0. The van der Waals surface area contributed by atoms with Gasteiger partial charge in [0.2, 0.25) is 0 Å². The number of hydrogen-bond acceptors (Lipinski definition) is 7. The largest absolute Gasteiger partial charge is 0.488 e. The molecule has 8 heteroatoms. The summed E-state index contributed by atoms with van der Waals surface area (Å²) in [5.41, 5.74) is 2.70. The Labute approximate surface area is 224 Å². The highest BCUT2D eigenvalue weighted by atomic mass is 32.2. The van der Waals surface area contributed by atoms with Gasteiger partial charge in [-0.1, -0.05) is 36.4 Å². The number of benzene rings is 3. The molecule has 5 rings (SSSR count). The van der Waals surface area contributed by atoms with Crippen molar-refractivity contribution < 1.29 is 18.7 Å². The second-order valence-corrected chi connectivity index (χ2v) is 11.0. The predicted octanol–water partition coefficient (Wildman–Crippen LogP) is 7.11. The minimum absolute atomic E-state index is 0.376. The van der Waals surface area contributed by atoms with Gasteiger partial charge >= 0.3 is 11.7 Å². The van der Waals surface area contributed by atoms with Gasteiger partial charge in [-0.3, -0.25) is 0 Å². The van der Waals surface area contributed by atoms with Crippen LogP contribution in [0.2, 0.25) is 0 Å². The fourth-order valence-electron chi connectivity index (χ4n) is 4.16. The quantitative estimate of drug-likeness (QED) is 0.172. The maximum absolute atomic E-state index is 13.1. The minimum atomic E-state index is -0.668. The SMILES string of the molecule is Cc1cc(=O)oc2cc(SCc3nn(C(=O)OC(C)(C)C)c4cccc(OCc5ccccc5)c34)ccc12. The number of thioether (sulfide) groups is 1. The Morgan fingerprint density at radius 3 is 2.58 bits per heavy atom. The molecule has 0 saturated heterocycles. The van der Waals surface area contributed by atoms with Gasteiger partial charge in [0.05, 0.1) is 16.6 Å². The van der Waals surface area contributed by atoms with Crippen LogP contribution in [0.3, 0.4) is 0 Å². The molecule has 0 aliphatic heterocycles. The summed E-state index contributed by atoms with van der Waals surface area (Å²) < 4.78 is 18.5. The molecule has 2 aromatic heterocycles. The highest BCUT2D eigenvalue weighted by Crippen LogP contribution is 2.34. The van der Waals surface area contributed by atoms with Crippen LogP contribution in [0.5, 0.6) is 5.75 Å². The Morgan fingerprint density at radius 2 is 1.82 bits per heavy atom. The first-order valence-corrected chi connectivity index (χ1v) is 13.2. The standard InChI is InChI=1S/C30H28N2O5S/c1-19-15-27(33)36-26-16-21(13-14-22(19)26)38-18-23-28-24(32(31-23)29(34)37-30(2,3)4)11-8-12-25(28)35-17-20-9-6-5-7-10-20/h5-16H,17-18H2,1-4H3. The Morgan fingerprint density at radius 1 is 1.03 bits per heavy atom. The van der Waals surface area contributed by atoms with Crippen LogP contribution in [0.1, 0.15) is 37.6 Å². The number of rotatable bonds is 6. The van der Waals surface area contributed by atoms with E-state index in [1.165, 1.54) is 22.5 Å². The van der Waals surface area contributed by atoms with Crippen molar-refractivity contribution >= 4 is 39.7 Å². The van der Waals surface area contributed by atoms with E-state index in [1.807, 2.05) is 94.4 Å². The third-order valence-corrected chi connectivity index (χ3v) is 6.85. The van der Waals surface area contributed by atoms with Crippen molar-refractivity contribution in [1.29, 1.82) is 0 Å². The van der Waals surface area contributed by atoms with Gasteiger partial charge in [-0.15, -0.1) is 11.8 Å². The molecular weight excluding hydrogens is 500 g/mol. The molecular formula is C30H28N2O5S. The number of carbonyl (C=O) groups is 1. The van der Waals surface area contributed by atoms with Crippen molar-refractivity contribution in [1.82, 2.24) is 9.78 Å². The molecule has 194 valence electrons. The van der Waals surface area contributed by atoms with Crippen molar-refractivity contribution in [2.75, 3.05) is 0 Å². The molecule has 2 heterocycles. The summed E-state index contributed by atoms with van der Waals surface area (Å²) in [5, 5.41) is 6.31. The van der Waals surface area contributed by atoms with Crippen molar-refractivity contribution in [3.63, 3.8) is 0 Å². The van der Waals surface area contributed by atoms with Crippen LogP contribution in [0.25, 0.3) is 21.9 Å². The fraction of sp³-hybridized carbons (Fsp3) is 0.233. The Balaban J connectivity index is 1.50. The van der Waals surface area contributed by atoms with Gasteiger partial charge in [0.25, 0.3) is 0 Å². The van der Waals surface area contributed by atoms with Crippen molar-refractivity contribution in [2.24, 2.45) is 0 Å². The van der Waals surface area contributed by atoms with E-state index in [9.17, 15) is 9.59 Å². The van der Waals surface area contributed by atoms with Crippen LogP contribution in [0.4, 0.5) is 4.79 Å². The molecule has 0 spiro atoms. The topological polar surface area (TPSA) is 83.6 Å². The summed E-state index contributed by atoms with van der Waals surface area (Å²) in [6.07, 6.45) is -0.554. The van der Waals surface area contributed by atoms with Crippen LogP contribution in [0.15, 0.2) is 86.9 Å². The summed E-state index contributed by atoms with van der Waals surface area (Å²) in [5.74, 6) is 1.09. The first-order chi connectivity index (χ1) is 18.2. The number of carbonyl (C=O) groups excluding carboxylic acids is 1. The van der Waals surface area contributed by atoms with Crippen LogP contribution in [-0.4, -0.2) is 21.5 Å². The normalized spacial score (nSPS) is 11.7. The molecule has 5 aromatic rings. The summed E-state index contributed by atoms with van der Waals surface area (Å²) in [6.45, 7) is 7.73. The van der Waals surface area contributed by atoms with E-state index in [0.29, 0.717) is 34.9 Å². The highest BCUT2D eigenvalue weighted by Gasteiger charge is 2.24. The number of ether oxygens (including phenoxy) is 2. The van der Waals surface area contributed by atoms with E-state index < -0.39 is 11.7 Å². The lowest BCUT2D eigenvalue weighted by molar-refractivity contribution is 0.0522. The smallest absolute Gasteiger partial charge is 0.435 e. The van der Waals surface area contributed by atoms with Crippen LogP contribution in [-0.2, 0) is 17.1 Å². The van der Waals surface area contributed by atoms with Gasteiger partial charge in [0.1, 0.15) is 23.5 Å². The van der Waals surface area contributed by atoms with Crippen molar-refractivity contribution in [2.45, 2.75) is 50.6 Å². The van der Waals surface area contributed by atoms with Gasteiger partial charge in [-0.05, 0) is 69.2 Å². The molecule has 0 atom stereocenters. The summed E-state index contributed by atoms with van der Waals surface area (Å²) in [4.78, 5) is 25.8. The van der Waals surface area contributed by atoms with Crippen LogP contribution < -0.4 is 10.4 Å².